The summed E-state index contributed by atoms with van der Waals surface area (Å²) in [6.07, 6.45) is 0. The highest BCUT2D eigenvalue weighted by Crippen LogP contribution is 2.27. The van der Waals surface area contributed by atoms with Gasteiger partial charge in [0.1, 0.15) is 5.52 Å². The Morgan fingerprint density at radius 1 is 0.970 bits per heavy atom. The maximum Gasteiger partial charge on any atom is 0.258 e. The van der Waals surface area contributed by atoms with Gasteiger partial charge in [-0.25, -0.2) is 4.98 Å². The molecule has 5 nitrogen and oxygen atoms in total. The molecule has 1 aromatic heterocycles. The summed E-state index contributed by atoms with van der Waals surface area (Å²) < 4.78 is 5.89. The second-order valence-electron chi connectivity index (χ2n) is 7.62. The Labute approximate surface area is 200 Å². The van der Waals surface area contributed by atoms with Crippen LogP contribution in [0.3, 0.4) is 0 Å². The van der Waals surface area contributed by atoms with Gasteiger partial charge in [-0.05, 0) is 72.6 Å². The lowest BCUT2D eigenvalue weighted by Crippen LogP contribution is -2.34. The molecule has 0 aliphatic carbocycles. The van der Waals surface area contributed by atoms with Crippen LogP contribution in [0.4, 0.5) is 5.69 Å². The number of nitrogens with one attached hydrogen (secondary N) is 2. The average molecular weight is 472 g/mol. The molecule has 5 aromatic rings. The first-order valence-corrected chi connectivity index (χ1v) is 11.0. The Balaban J connectivity index is 1.34. The van der Waals surface area contributed by atoms with Crippen molar-refractivity contribution >= 4 is 62.4 Å². The van der Waals surface area contributed by atoms with E-state index in [0.29, 0.717) is 22.2 Å². The largest absolute Gasteiger partial charge is 0.436 e. The maximum atomic E-state index is 12.9. The summed E-state index contributed by atoms with van der Waals surface area (Å²) >= 11 is 11.6. The summed E-state index contributed by atoms with van der Waals surface area (Å²) in [7, 11) is 0. The van der Waals surface area contributed by atoms with Crippen molar-refractivity contribution in [1.29, 1.82) is 0 Å². The van der Waals surface area contributed by atoms with Crippen molar-refractivity contribution in [2.24, 2.45) is 0 Å². The number of fused-ring (bicyclic) bond motifs is 2. The van der Waals surface area contributed by atoms with Gasteiger partial charge < -0.3 is 9.73 Å². The molecule has 1 amide bonds. The minimum Gasteiger partial charge on any atom is -0.436 e. The maximum absolute atomic E-state index is 12.9. The van der Waals surface area contributed by atoms with Crippen LogP contribution in [0.2, 0.25) is 5.02 Å². The monoisotopic (exact) mass is 471 g/mol. The number of halogens is 1. The van der Waals surface area contributed by atoms with E-state index in [2.05, 4.69) is 15.6 Å². The van der Waals surface area contributed by atoms with Gasteiger partial charge in [0, 0.05) is 27.2 Å². The molecule has 0 spiro atoms. The van der Waals surface area contributed by atoms with Crippen LogP contribution >= 0.6 is 23.8 Å². The van der Waals surface area contributed by atoms with E-state index in [1.165, 1.54) is 0 Å². The van der Waals surface area contributed by atoms with Gasteiger partial charge in [0.2, 0.25) is 5.89 Å². The molecule has 0 atom stereocenters. The molecule has 0 fully saturated rings. The molecule has 7 heteroatoms. The molecule has 4 aromatic carbocycles. The van der Waals surface area contributed by atoms with Crippen molar-refractivity contribution in [3.8, 4) is 11.5 Å². The third-order valence-electron chi connectivity index (χ3n) is 5.25. The quantitative estimate of drug-likeness (QED) is 0.285. The summed E-state index contributed by atoms with van der Waals surface area (Å²) in [6, 6.07) is 24.3. The number of anilines is 1. The third-order valence-corrected chi connectivity index (χ3v) is 5.78. The highest BCUT2D eigenvalue weighted by molar-refractivity contribution is 7.80. The molecule has 0 bridgehead atoms. The van der Waals surface area contributed by atoms with Crippen LogP contribution in [0.25, 0.3) is 33.3 Å². The molecular formula is C26H18ClN3O2S. The molecule has 162 valence electrons. The molecule has 0 aliphatic rings. The number of benzene rings is 4. The van der Waals surface area contributed by atoms with E-state index < -0.39 is 0 Å². The first kappa shape index (κ1) is 21.1. The van der Waals surface area contributed by atoms with Crippen LogP contribution in [0.15, 0.2) is 83.3 Å². The topological polar surface area (TPSA) is 67.2 Å². The van der Waals surface area contributed by atoms with Crippen LogP contribution in [-0.2, 0) is 0 Å². The first-order chi connectivity index (χ1) is 16.0. The predicted molar refractivity (Wildman–Crippen MR) is 137 cm³/mol. The zero-order chi connectivity index (χ0) is 22.9. The number of hydrogen-bond acceptors (Lipinski definition) is 4. The molecule has 0 unspecified atom stereocenters. The van der Waals surface area contributed by atoms with Crippen LogP contribution in [0.5, 0.6) is 0 Å². The number of carbonyl (C=O) groups is 1. The Morgan fingerprint density at radius 3 is 2.64 bits per heavy atom. The number of aromatic nitrogens is 1. The van der Waals surface area contributed by atoms with Crippen LogP contribution in [-0.4, -0.2) is 16.0 Å². The van der Waals surface area contributed by atoms with Gasteiger partial charge in [-0.2, -0.15) is 0 Å². The number of aryl methyl sites for hydroxylation is 1. The molecule has 33 heavy (non-hydrogen) atoms. The Bertz CT molecular complexity index is 1540. The number of carbonyl (C=O) groups excluding carboxylic acids is 1. The van der Waals surface area contributed by atoms with E-state index in [1.54, 1.807) is 18.2 Å². The third kappa shape index (κ3) is 4.31. The standard InChI is InChI=1S/C26H18ClN3O2S/c1-15-11-12-23-22(13-15)29-25(32-23)16-5-2-6-17(14-16)28-26(33)30-24(31)20-9-3-8-19-18(20)7-4-10-21(19)27/h2-14H,1H3,(H2,28,30,31,33). The highest BCUT2D eigenvalue weighted by atomic mass is 35.5. The number of nitrogens with zero attached hydrogens (tertiary/aromatic N) is 1. The van der Waals surface area contributed by atoms with Crippen molar-refractivity contribution in [3.05, 3.63) is 95.0 Å². The molecule has 0 radical (unpaired) electrons. The minimum absolute atomic E-state index is 0.185. The van der Waals surface area contributed by atoms with Crippen molar-refractivity contribution in [1.82, 2.24) is 10.3 Å². The van der Waals surface area contributed by atoms with E-state index in [-0.39, 0.29) is 11.0 Å². The zero-order valence-corrected chi connectivity index (χ0v) is 19.1. The lowest BCUT2D eigenvalue weighted by Gasteiger charge is -2.12. The van der Waals surface area contributed by atoms with E-state index in [0.717, 1.165) is 33.0 Å². The van der Waals surface area contributed by atoms with Gasteiger partial charge in [-0.15, -0.1) is 0 Å². The number of hydrogen-bond donors (Lipinski definition) is 2. The molecule has 2 N–H and O–H groups in total. The van der Waals surface area contributed by atoms with Gasteiger partial charge in [-0.1, -0.05) is 48.0 Å². The lowest BCUT2D eigenvalue weighted by atomic mass is 10.0. The summed E-state index contributed by atoms with van der Waals surface area (Å²) in [5, 5.41) is 8.15. The fourth-order valence-corrected chi connectivity index (χ4v) is 4.14. The SMILES string of the molecule is Cc1ccc2oc(-c3cccc(NC(=S)NC(=O)c4cccc5c(Cl)cccc45)c3)nc2c1. The highest BCUT2D eigenvalue weighted by Gasteiger charge is 2.14. The van der Waals surface area contributed by atoms with Gasteiger partial charge in [0.05, 0.1) is 0 Å². The second-order valence-corrected chi connectivity index (χ2v) is 8.44. The van der Waals surface area contributed by atoms with Gasteiger partial charge >= 0.3 is 0 Å². The van der Waals surface area contributed by atoms with Crippen molar-refractivity contribution in [2.45, 2.75) is 6.92 Å². The average Bonchev–Trinajstić information content (AvgIpc) is 3.22. The molecule has 0 aliphatic heterocycles. The molecular weight excluding hydrogens is 454 g/mol. The Morgan fingerprint density at radius 2 is 1.76 bits per heavy atom. The van der Waals surface area contributed by atoms with Crippen LogP contribution in [0, 0.1) is 6.92 Å². The van der Waals surface area contributed by atoms with Crippen molar-refractivity contribution in [3.63, 3.8) is 0 Å². The predicted octanol–water partition coefficient (Wildman–Crippen LogP) is 6.74. The molecule has 0 saturated heterocycles. The molecule has 1 heterocycles. The lowest BCUT2D eigenvalue weighted by molar-refractivity contribution is 0.0979. The van der Waals surface area contributed by atoms with Gasteiger partial charge in [0.25, 0.3) is 5.91 Å². The smallest absolute Gasteiger partial charge is 0.258 e. The van der Waals surface area contributed by atoms with E-state index >= 15 is 0 Å². The Hall–Kier alpha value is -3.74. The van der Waals surface area contributed by atoms with Crippen molar-refractivity contribution in [2.75, 3.05) is 5.32 Å². The first-order valence-electron chi connectivity index (χ1n) is 10.3. The zero-order valence-electron chi connectivity index (χ0n) is 17.6. The summed E-state index contributed by atoms with van der Waals surface area (Å²) in [5.41, 5.74) is 4.65. The van der Waals surface area contributed by atoms with Crippen LogP contribution in [0.1, 0.15) is 15.9 Å². The second kappa shape index (κ2) is 8.65. The molecule has 0 saturated carbocycles. The fourth-order valence-electron chi connectivity index (χ4n) is 3.69. The number of oxazole rings is 1. The van der Waals surface area contributed by atoms with E-state index in [4.69, 9.17) is 28.2 Å². The Kier molecular flexibility index (Phi) is 5.54. The fraction of sp³-hybridized carbons (Fsp3) is 0.0385. The van der Waals surface area contributed by atoms with E-state index in [9.17, 15) is 4.79 Å². The van der Waals surface area contributed by atoms with Gasteiger partial charge in [0.15, 0.2) is 10.7 Å². The normalized spacial score (nSPS) is 11.0. The summed E-state index contributed by atoms with van der Waals surface area (Å²) in [4.78, 5) is 17.5. The molecule has 5 rings (SSSR count). The van der Waals surface area contributed by atoms with Crippen molar-refractivity contribution < 1.29 is 9.21 Å². The summed E-state index contributed by atoms with van der Waals surface area (Å²) in [6.45, 7) is 2.01. The number of amides is 1. The number of rotatable bonds is 3. The van der Waals surface area contributed by atoms with Gasteiger partial charge in [-0.3, -0.25) is 10.1 Å². The minimum atomic E-state index is -0.314. The van der Waals surface area contributed by atoms with Crippen LogP contribution < -0.4 is 10.6 Å². The number of thiocarbonyl (C=S) groups is 1. The van der Waals surface area contributed by atoms with E-state index in [1.807, 2.05) is 67.6 Å². The summed E-state index contributed by atoms with van der Waals surface area (Å²) in [5.74, 6) is 0.202.